The Kier molecular flexibility index (Phi) is 6.60. The standard InChI is InChI=1S/C25H28N4O2/c1-26-25(31)20-9-11-22(12-10-20)27-24(30)18-29-15-13-28(14-16-29)17-21-7-4-6-19-5-2-3-8-23(19)21/h2-12H,13-18H2,1H3,(H,26,31)(H,27,30). The van der Waals surface area contributed by atoms with E-state index in [2.05, 4.69) is 62.9 Å². The summed E-state index contributed by atoms with van der Waals surface area (Å²) in [6.45, 7) is 4.93. The largest absolute Gasteiger partial charge is 0.355 e. The summed E-state index contributed by atoms with van der Waals surface area (Å²) in [5, 5.41) is 8.10. The van der Waals surface area contributed by atoms with Gasteiger partial charge in [-0.15, -0.1) is 0 Å². The molecule has 1 aliphatic rings. The Balaban J connectivity index is 1.26. The zero-order valence-electron chi connectivity index (χ0n) is 17.8. The number of fused-ring (bicyclic) bond motifs is 1. The molecule has 1 aliphatic heterocycles. The molecular weight excluding hydrogens is 388 g/mol. The number of carbonyl (C=O) groups excluding carboxylic acids is 2. The van der Waals surface area contributed by atoms with E-state index in [9.17, 15) is 9.59 Å². The van der Waals surface area contributed by atoms with Crippen molar-refractivity contribution in [2.24, 2.45) is 0 Å². The normalized spacial score (nSPS) is 15.0. The molecule has 0 bridgehead atoms. The molecule has 0 aliphatic carbocycles. The van der Waals surface area contributed by atoms with Gasteiger partial charge in [-0.05, 0) is 40.6 Å². The van der Waals surface area contributed by atoms with Gasteiger partial charge in [-0.2, -0.15) is 0 Å². The van der Waals surface area contributed by atoms with Crippen LogP contribution in [0.1, 0.15) is 15.9 Å². The summed E-state index contributed by atoms with van der Waals surface area (Å²) in [6, 6.07) is 21.9. The zero-order chi connectivity index (χ0) is 21.6. The quantitative estimate of drug-likeness (QED) is 0.649. The van der Waals surface area contributed by atoms with Gasteiger partial charge in [0.15, 0.2) is 0 Å². The summed E-state index contributed by atoms with van der Waals surface area (Å²) >= 11 is 0. The molecule has 1 heterocycles. The van der Waals surface area contributed by atoms with Crippen LogP contribution in [0.5, 0.6) is 0 Å². The molecule has 6 nitrogen and oxygen atoms in total. The van der Waals surface area contributed by atoms with E-state index >= 15 is 0 Å². The zero-order valence-corrected chi connectivity index (χ0v) is 17.8. The summed E-state index contributed by atoms with van der Waals surface area (Å²) in [6.07, 6.45) is 0. The summed E-state index contributed by atoms with van der Waals surface area (Å²) in [5.74, 6) is -0.172. The van der Waals surface area contributed by atoms with E-state index in [1.165, 1.54) is 16.3 Å². The van der Waals surface area contributed by atoms with Gasteiger partial charge in [0.25, 0.3) is 5.91 Å². The van der Waals surface area contributed by atoms with Crippen LogP contribution in [0.15, 0.2) is 66.7 Å². The smallest absolute Gasteiger partial charge is 0.251 e. The number of nitrogens with zero attached hydrogens (tertiary/aromatic N) is 2. The van der Waals surface area contributed by atoms with Crippen molar-refractivity contribution in [1.82, 2.24) is 15.1 Å². The van der Waals surface area contributed by atoms with Crippen LogP contribution >= 0.6 is 0 Å². The van der Waals surface area contributed by atoms with E-state index in [0.717, 1.165) is 32.7 Å². The molecule has 3 aromatic rings. The predicted octanol–water partition coefficient (Wildman–Crippen LogP) is 2.96. The molecule has 0 unspecified atom stereocenters. The van der Waals surface area contributed by atoms with Gasteiger partial charge in [-0.25, -0.2) is 0 Å². The van der Waals surface area contributed by atoms with Crippen molar-refractivity contribution >= 4 is 28.3 Å². The lowest BCUT2D eigenvalue weighted by atomic mass is 10.0. The van der Waals surface area contributed by atoms with E-state index in [-0.39, 0.29) is 11.8 Å². The fourth-order valence-electron chi connectivity index (χ4n) is 4.03. The van der Waals surface area contributed by atoms with Gasteiger partial charge >= 0.3 is 0 Å². The van der Waals surface area contributed by atoms with Crippen molar-refractivity contribution < 1.29 is 9.59 Å². The number of anilines is 1. The predicted molar refractivity (Wildman–Crippen MR) is 124 cm³/mol. The molecule has 1 fully saturated rings. The van der Waals surface area contributed by atoms with Crippen LogP contribution in [0.3, 0.4) is 0 Å². The second-order valence-electron chi connectivity index (χ2n) is 7.90. The van der Waals surface area contributed by atoms with Gasteiger partial charge in [0.1, 0.15) is 0 Å². The van der Waals surface area contributed by atoms with E-state index in [4.69, 9.17) is 0 Å². The first-order valence-corrected chi connectivity index (χ1v) is 10.7. The van der Waals surface area contributed by atoms with Crippen LogP contribution in [0.2, 0.25) is 0 Å². The second-order valence-corrected chi connectivity index (χ2v) is 7.90. The third-order valence-corrected chi connectivity index (χ3v) is 5.76. The summed E-state index contributed by atoms with van der Waals surface area (Å²) in [4.78, 5) is 28.7. The molecule has 31 heavy (non-hydrogen) atoms. The van der Waals surface area contributed by atoms with Crippen LogP contribution in [-0.4, -0.2) is 61.4 Å². The highest BCUT2D eigenvalue weighted by Crippen LogP contribution is 2.20. The monoisotopic (exact) mass is 416 g/mol. The van der Waals surface area contributed by atoms with Gasteiger partial charge in [-0.3, -0.25) is 19.4 Å². The lowest BCUT2D eigenvalue weighted by Crippen LogP contribution is -2.48. The molecule has 0 atom stereocenters. The second kappa shape index (κ2) is 9.73. The van der Waals surface area contributed by atoms with Crippen LogP contribution in [0.25, 0.3) is 10.8 Å². The van der Waals surface area contributed by atoms with Crippen molar-refractivity contribution in [3.8, 4) is 0 Å². The van der Waals surface area contributed by atoms with Gasteiger partial charge in [0.05, 0.1) is 6.54 Å². The minimum Gasteiger partial charge on any atom is -0.355 e. The van der Waals surface area contributed by atoms with Crippen LogP contribution in [0, 0.1) is 0 Å². The number of hydrogen-bond donors (Lipinski definition) is 2. The van der Waals surface area contributed by atoms with Crippen molar-refractivity contribution in [2.75, 3.05) is 45.1 Å². The van der Waals surface area contributed by atoms with Crippen molar-refractivity contribution in [2.45, 2.75) is 6.54 Å². The molecule has 6 heteroatoms. The van der Waals surface area contributed by atoms with Gasteiger partial charge in [0, 0.05) is 51.0 Å². The van der Waals surface area contributed by atoms with Crippen molar-refractivity contribution in [3.05, 3.63) is 77.9 Å². The maximum absolute atomic E-state index is 12.4. The molecule has 4 rings (SSSR count). The Morgan fingerprint density at radius 1 is 0.839 bits per heavy atom. The van der Waals surface area contributed by atoms with Gasteiger partial charge in [-0.1, -0.05) is 42.5 Å². The Bertz CT molecular complexity index is 1050. The van der Waals surface area contributed by atoms with Crippen LogP contribution in [0.4, 0.5) is 5.69 Å². The first-order chi connectivity index (χ1) is 15.1. The topological polar surface area (TPSA) is 64.7 Å². The number of nitrogens with one attached hydrogen (secondary N) is 2. The highest BCUT2D eigenvalue weighted by Gasteiger charge is 2.19. The molecule has 0 saturated carbocycles. The van der Waals surface area contributed by atoms with Gasteiger partial charge in [0.2, 0.25) is 5.91 Å². The summed E-state index contributed by atoms with van der Waals surface area (Å²) in [7, 11) is 1.60. The first kappa shape index (κ1) is 21.0. The minimum atomic E-state index is -0.140. The molecule has 3 aromatic carbocycles. The maximum Gasteiger partial charge on any atom is 0.251 e. The molecule has 0 radical (unpaired) electrons. The number of amides is 2. The average molecular weight is 417 g/mol. The molecule has 2 amide bonds. The fraction of sp³-hybridized carbons (Fsp3) is 0.280. The van der Waals surface area contributed by atoms with Crippen LogP contribution < -0.4 is 10.6 Å². The molecule has 160 valence electrons. The van der Waals surface area contributed by atoms with E-state index in [0.29, 0.717) is 17.8 Å². The van der Waals surface area contributed by atoms with Crippen molar-refractivity contribution in [1.29, 1.82) is 0 Å². The Hall–Kier alpha value is -3.22. The number of rotatable bonds is 6. The Morgan fingerprint density at radius 2 is 1.52 bits per heavy atom. The number of benzene rings is 3. The van der Waals surface area contributed by atoms with E-state index in [1.807, 2.05) is 0 Å². The lowest BCUT2D eigenvalue weighted by molar-refractivity contribution is -0.117. The van der Waals surface area contributed by atoms with Gasteiger partial charge < -0.3 is 10.6 Å². The first-order valence-electron chi connectivity index (χ1n) is 10.7. The number of piperazine rings is 1. The maximum atomic E-state index is 12.4. The average Bonchev–Trinajstić information content (AvgIpc) is 2.80. The summed E-state index contributed by atoms with van der Waals surface area (Å²) in [5.41, 5.74) is 2.62. The highest BCUT2D eigenvalue weighted by atomic mass is 16.2. The molecule has 0 aromatic heterocycles. The highest BCUT2D eigenvalue weighted by molar-refractivity contribution is 5.96. The Labute approximate surface area is 182 Å². The fourth-order valence-corrected chi connectivity index (χ4v) is 4.03. The van der Waals surface area contributed by atoms with Crippen LogP contribution in [-0.2, 0) is 11.3 Å². The minimum absolute atomic E-state index is 0.0322. The Morgan fingerprint density at radius 3 is 2.26 bits per heavy atom. The molecule has 1 saturated heterocycles. The number of hydrogen-bond acceptors (Lipinski definition) is 4. The van der Waals surface area contributed by atoms with E-state index < -0.39 is 0 Å². The number of carbonyl (C=O) groups is 2. The third kappa shape index (κ3) is 5.29. The SMILES string of the molecule is CNC(=O)c1ccc(NC(=O)CN2CCN(Cc3cccc4ccccc34)CC2)cc1. The molecule has 2 N–H and O–H groups in total. The lowest BCUT2D eigenvalue weighted by Gasteiger charge is -2.34. The van der Waals surface area contributed by atoms with E-state index in [1.54, 1.807) is 31.3 Å². The molecule has 0 spiro atoms. The molecular formula is C25H28N4O2. The van der Waals surface area contributed by atoms with Crippen molar-refractivity contribution in [3.63, 3.8) is 0 Å². The third-order valence-electron chi connectivity index (χ3n) is 5.76. The summed E-state index contributed by atoms with van der Waals surface area (Å²) < 4.78 is 0.